The van der Waals surface area contributed by atoms with Gasteiger partial charge in [-0.1, -0.05) is 13.8 Å². The maximum atomic E-state index is 7.68. The van der Waals surface area contributed by atoms with E-state index in [9.17, 15) is 0 Å². The Hall–Kier alpha value is -0.0800. The van der Waals surface area contributed by atoms with E-state index in [1.165, 1.54) is 6.42 Å². The fraction of sp³-hybridized carbons (Fsp3) is 0.875. The Morgan fingerprint density at radius 2 is 2.18 bits per heavy atom. The van der Waals surface area contributed by atoms with E-state index in [0.717, 1.165) is 18.7 Å². The largest absolute Gasteiger partial charge is 0.309 e. The molecule has 1 aliphatic heterocycles. The van der Waals surface area contributed by atoms with Gasteiger partial charge in [-0.25, -0.2) is 0 Å². The first-order valence-electron chi connectivity index (χ1n) is 4.03. The van der Waals surface area contributed by atoms with Crippen molar-refractivity contribution in [1.82, 2.24) is 5.32 Å². The molecule has 0 saturated carbocycles. The van der Waals surface area contributed by atoms with Gasteiger partial charge in [-0.15, -0.1) is 12.4 Å². The summed E-state index contributed by atoms with van der Waals surface area (Å²) in [5.74, 6) is 0.413. The summed E-state index contributed by atoms with van der Waals surface area (Å²) in [6, 6.07) is 0.389. The SMILES string of the molecule is CC(C)C(=N)C1CCCN1.Cl. The highest BCUT2D eigenvalue weighted by Crippen LogP contribution is 2.10. The number of rotatable bonds is 2. The monoisotopic (exact) mass is 176 g/mol. The molecule has 0 radical (unpaired) electrons. The molecule has 1 saturated heterocycles. The summed E-state index contributed by atoms with van der Waals surface area (Å²) in [6.07, 6.45) is 2.40. The number of hydrogen-bond donors (Lipinski definition) is 2. The van der Waals surface area contributed by atoms with Gasteiger partial charge in [0.2, 0.25) is 0 Å². The van der Waals surface area contributed by atoms with Crippen LogP contribution < -0.4 is 5.32 Å². The molecule has 0 spiro atoms. The summed E-state index contributed by atoms with van der Waals surface area (Å²) in [5, 5.41) is 11.0. The van der Waals surface area contributed by atoms with Gasteiger partial charge < -0.3 is 10.7 Å². The second-order valence-electron chi connectivity index (χ2n) is 3.26. The third-order valence-electron chi connectivity index (χ3n) is 2.06. The molecule has 0 bridgehead atoms. The first kappa shape index (κ1) is 10.9. The standard InChI is InChI=1S/C8H16N2.ClH/c1-6(2)8(9)7-4-3-5-10-7;/h6-7,9-10H,3-5H2,1-2H3;1H. The zero-order chi connectivity index (χ0) is 7.56. The highest BCUT2D eigenvalue weighted by Gasteiger charge is 2.20. The minimum absolute atomic E-state index is 0. The van der Waals surface area contributed by atoms with Crippen molar-refractivity contribution in [2.24, 2.45) is 5.92 Å². The topological polar surface area (TPSA) is 35.9 Å². The Morgan fingerprint density at radius 3 is 2.55 bits per heavy atom. The van der Waals surface area contributed by atoms with E-state index in [4.69, 9.17) is 5.41 Å². The summed E-state index contributed by atoms with van der Waals surface area (Å²) < 4.78 is 0. The van der Waals surface area contributed by atoms with Gasteiger partial charge in [-0.05, 0) is 25.3 Å². The van der Waals surface area contributed by atoms with E-state index < -0.39 is 0 Å². The van der Waals surface area contributed by atoms with Crippen molar-refractivity contribution < 1.29 is 0 Å². The van der Waals surface area contributed by atoms with Gasteiger partial charge in [0.1, 0.15) is 0 Å². The van der Waals surface area contributed by atoms with Crippen LogP contribution in [0.5, 0.6) is 0 Å². The second-order valence-corrected chi connectivity index (χ2v) is 3.26. The third kappa shape index (κ3) is 2.80. The van der Waals surface area contributed by atoms with Crippen LogP contribution >= 0.6 is 12.4 Å². The van der Waals surface area contributed by atoms with Gasteiger partial charge in [0, 0.05) is 11.8 Å². The Bertz CT molecular complexity index is 128. The van der Waals surface area contributed by atoms with E-state index in [1.807, 2.05) is 0 Å². The van der Waals surface area contributed by atoms with E-state index in [0.29, 0.717) is 12.0 Å². The van der Waals surface area contributed by atoms with Gasteiger partial charge >= 0.3 is 0 Å². The Balaban J connectivity index is 0.000001000. The highest BCUT2D eigenvalue weighted by molar-refractivity contribution is 5.88. The van der Waals surface area contributed by atoms with Gasteiger partial charge in [0.25, 0.3) is 0 Å². The fourth-order valence-electron chi connectivity index (χ4n) is 1.35. The van der Waals surface area contributed by atoms with Crippen LogP contribution in [0.4, 0.5) is 0 Å². The smallest absolute Gasteiger partial charge is 0.0451 e. The minimum atomic E-state index is 0. The lowest BCUT2D eigenvalue weighted by molar-refractivity contribution is 0.703. The van der Waals surface area contributed by atoms with Crippen LogP contribution in [0.25, 0.3) is 0 Å². The molecule has 0 aliphatic carbocycles. The number of nitrogens with one attached hydrogen (secondary N) is 2. The first-order chi connectivity index (χ1) is 4.72. The average Bonchev–Trinajstić information content (AvgIpc) is 2.36. The van der Waals surface area contributed by atoms with E-state index in [1.54, 1.807) is 0 Å². The molecule has 1 heterocycles. The third-order valence-corrected chi connectivity index (χ3v) is 2.06. The van der Waals surface area contributed by atoms with Crippen LogP contribution in [0.1, 0.15) is 26.7 Å². The Morgan fingerprint density at radius 1 is 1.55 bits per heavy atom. The molecular weight excluding hydrogens is 160 g/mol. The Labute approximate surface area is 74.7 Å². The summed E-state index contributed by atoms with van der Waals surface area (Å²) in [5.41, 5.74) is 0.873. The van der Waals surface area contributed by atoms with Gasteiger partial charge in [-0.3, -0.25) is 0 Å². The number of halogens is 1. The maximum Gasteiger partial charge on any atom is 0.0451 e. The van der Waals surface area contributed by atoms with E-state index >= 15 is 0 Å². The maximum absolute atomic E-state index is 7.68. The second kappa shape index (κ2) is 4.73. The summed E-state index contributed by atoms with van der Waals surface area (Å²) in [4.78, 5) is 0. The van der Waals surface area contributed by atoms with Crippen molar-refractivity contribution in [2.75, 3.05) is 6.54 Å². The van der Waals surface area contributed by atoms with Crippen LogP contribution in [0.3, 0.4) is 0 Å². The molecular formula is C8H17ClN2. The van der Waals surface area contributed by atoms with Crippen molar-refractivity contribution in [3.63, 3.8) is 0 Å². The molecule has 0 aromatic heterocycles. The minimum Gasteiger partial charge on any atom is -0.309 e. The lowest BCUT2D eigenvalue weighted by Crippen LogP contribution is -2.33. The molecule has 11 heavy (non-hydrogen) atoms. The zero-order valence-electron chi connectivity index (χ0n) is 7.18. The number of hydrogen-bond acceptors (Lipinski definition) is 2. The van der Waals surface area contributed by atoms with Gasteiger partial charge in [-0.2, -0.15) is 0 Å². The average molecular weight is 177 g/mol. The highest BCUT2D eigenvalue weighted by atomic mass is 35.5. The van der Waals surface area contributed by atoms with Crippen molar-refractivity contribution in [3.05, 3.63) is 0 Å². The van der Waals surface area contributed by atoms with Crippen LogP contribution in [-0.2, 0) is 0 Å². The molecule has 66 valence electrons. The summed E-state index contributed by atoms with van der Waals surface area (Å²) >= 11 is 0. The van der Waals surface area contributed by atoms with E-state index in [-0.39, 0.29) is 12.4 Å². The zero-order valence-corrected chi connectivity index (χ0v) is 8.00. The molecule has 1 unspecified atom stereocenters. The molecule has 0 amide bonds. The fourth-order valence-corrected chi connectivity index (χ4v) is 1.35. The molecule has 0 aromatic rings. The van der Waals surface area contributed by atoms with Crippen LogP contribution in [0.2, 0.25) is 0 Å². The van der Waals surface area contributed by atoms with Crippen molar-refractivity contribution in [1.29, 1.82) is 5.41 Å². The lowest BCUT2D eigenvalue weighted by Gasteiger charge is -2.14. The normalized spacial score (nSPS) is 23.4. The van der Waals surface area contributed by atoms with Crippen LogP contribution in [0.15, 0.2) is 0 Å². The van der Waals surface area contributed by atoms with Crippen molar-refractivity contribution in [3.8, 4) is 0 Å². The predicted octanol–water partition coefficient (Wildman–Crippen LogP) is 1.84. The van der Waals surface area contributed by atoms with Gasteiger partial charge in [0.15, 0.2) is 0 Å². The molecule has 3 heteroatoms. The molecule has 2 nitrogen and oxygen atoms in total. The van der Waals surface area contributed by atoms with Crippen LogP contribution in [-0.4, -0.2) is 18.3 Å². The Kier molecular flexibility index (Phi) is 4.69. The molecule has 2 N–H and O–H groups in total. The molecule has 1 fully saturated rings. The first-order valence-corrected chi connectivity index (χ1v) is 4.03. The molecule has 1 aliphatic rings. The molecule has 1 atom stereocenters. The van der Waals surface area contributed by atoms with Crippen molar-refractivity contribution in [2.45, 2.75) is 32.7 Å². The van der Waals surface area contributed by atoms with Gasteiger partial charge in [0.05, 0.1) is 0 Å². The van der Waals surface area contributed by atoms with Crippen molar-refractivity contribution >= 4 is 18.1 Å². The molecule has 0 aromatic carbocycles. The predicted molar refractivity (Wildman–Crippen MR) is 50.8 cm³/mol. The quantitative estimate of drug-likeness (QED) is 0.619. The molecule has 1 rings (SSSR count). The van der Waals surface area contributed by atoms with Crippen LogP contribution in [0, 0.1) is 11.3 Å². The van der Waals surface area contributed by atoms with E-state index in [2.05, 4.69) is 19.2 Å². The summed E-state index contributed by atoms with van der Waals surface area (Å²) in [6.45, 7) is 5.27. The lowest BCUT2D eigenvalue weighted by atomic mass is 10.00. The summed E-state index contributed by atoms with van der Waals surface area (Å²) in [7, 11) is 0.